The maximum absolute atomic E-state index is 5.45. The highest BCUT2D eigenvalue weighted by molar-refractivity contribution is 5.40. The van der Waals surface area contributed by atoms with Crippen LogP contribution in [0.3, 0.4) is 0 Å². The molecule has 0 N–H and O–H groups in total. The van der Waals surface area contributed by atoms with E-state index in [4.69, 9.17) is 11.2 Å². The Labute approximate surface area is 127 Å². The molecule has 3 heteroatoms. The predicted molar refractivity (Wildman–Crippen MR) is 83.8 cm³/mol. The van der Waals surface area contributed by atoms with Gasteiger partial charge in [-0.15, -0.1) is 6.42 Å². The van der Waals surface area contributed by atoms with Gasteiger partial charge in [0.15, 0.2) is 0 Å². The summed E-state index contributed by atoms with van der Waals surface area (Å²) in [6, 6.07) is 0.578. The molecule has 2 aliphatic heterocycles. The van der Waals surface area contributed by atoms with Crippen LogP contribution in [0.5, 0.6) is 0 Å². The monoisotopic (exact) mass is 284 g/mol. The second kappa shape index (κ2) is 5.28. The maximum Gasteiger partial charge on any atom is 0.0599 e. The lowest BCUT2D eigenvalue weighted by Crippen LogP contribution is -2.43. The predicted octanol–water partition coefficient (Wildman–Crippen LogP) is 1.53. The fourth-order valence-electron chi connectivity index (χ4n) is 4.44. The second-order valence-corrected chi connectivity index (χ2v) is 6.90. The summed E-state index contributed by atoms with van der Waals surface area (Å²) < 4.78 is 5.45. The largest absolute Gasteiger partial charge is 0.379 e. The lowest BCUT2D eigenvalue weighted by molar-refractivity contribution is 0.0258. The van der Waals surface area contributed by atoms with Crippen molar-refractivity contribution < 1.29 is 4.74 Å². The van der Waals surface area contributed by atoms with E-state index >= 15 is 0 Å². The van der Waals surface area contributed by atoms with E-state index in [1.165, 1.54) is 19.5 Å². The van der Waals surface area contributed by atoms with E-state index in [2.05, 4.69) is 33.9 Å². The Bertz CT molecular complexity index is 512. The molecule has 3 nitrogen and oxygen atoms in total. The third kappa shape index (κ3) is 2.36. The molecule has 2 heterocycles. The summed E-state index contributed by atoms with van der Waals surface area (Å²) in [6.07, 6.45) is 15.3. The Morgan fingerprint density at radius 2 is 2.24 bits per heavy atom. The molecule has 3 fully saturated rings. The third-order valence-corrected chi connectivity index (χ3v) is 5.70. The molecule has 0 radical (unpaired) electrons. The molecule has 0 spiro atoms. The van der Waals surface area contributed by atoms with Crippen LogP contribution in [0.15, 0.2) is 23.8 Å². The quantitative estimate of drug-likeness (QED) is 0.731. The van der Waals surface area contributed by atoms with Crippen molar-refractivity contribution in [2.45, 2.75) is 18.9 Å². The third-order valence-electron chi connectivity index (χ3n) is 5.70. The zero-order valence-electron chi connectivity index (χ0n) is 12.6. The molecule has 3 atom stereocenters. The van der Waals surface area contributed by atoms with Crippen molar-refractivity contribution in [2.75, 3.05) is 45.9 Å². The number of hydrogen-bond donors (Lipinski definition) is 0. The van der Waals surface area contributed by atoms with Gasteiger partial charge in [0, 0.05) is 37.6 Å². The van der Waals surface area contributed by atoms with Crippen molar-refractivity contribution in [3.05, 3.63) is 23.8 Å². The van der Waals surface area contributed by atoms with Gasteiger partial charge in [0.2, 0.25) is 0 Å². The SMILES string of the molecule is C#CCN1CC2CC2(C2=CCC(N3CCOCC3)C=C2)C1. The van der Waals surface area contributed by atoms with E-state index < -0.39 is 0 Å². The van der Waals surface area contributed by atoms with Gasteiger partial charge < -0.3 is 4.74 Å². The molecule has 0 bridgehead atoms. The summed E-state index contributed by atoms with van der Waals surface area (Å²) in [5, 5.41) is 0. The van der Waals surface area contributed by atoms with Gasteiger partial charge in [-0.25, -0.2) is 0 Å². The van der Waals surface area contributed by atoms with Gasteiger partial charge in [0.25, 0.3) is 0 Å². The van der Waals surface area contributed by atoms with Gasteiger partial charge >= 0.3 is 0 Å². The van der Waals surface area contributed by atoms with E-state index in [1.807, 2.05) is 0 Å². The number of rotatable bonds is 3. The average molecular weight is 284 g/mol. The van der Waals surface area contributed by atoms with Crippen molar-refractivity contribution in [1.82, 2.24) is 9.80 Å². The molecule has 21 heavy (non-hydrogen) atoms. The normalized spacial score (nSPS) is 39.7. The fraction of sp³-hybridized carbons (Fsp3) is 0.667. The molecule has 4 rings (SSSR count). The molecule has 2 saturated heterocycles. The Morgan fingerprint density at radius 1 is 1.38 bits per heavy atom. The number of ether oxygens (including phenoxy) is 1. The molecule has 3 unspecified atom stereocenters. The first-order valence-corrected chi connectivity index (χ1v) is 8.18. The maximum atomic E-state index is 5.45. The van der Waals surface area contributed by atoms with Crippen LogP contribution in [-0.2, 0) is 4.74 Å². The minimum absolute atomic E-state index is 0.448. The number of nitrogens with zero attached hydrogens (tertiary/aromatic N) is 2. The molecule has 2 aliphatic carbocycles. The van der Waals surface area contributed by atoms with Crippen molar-refractivity contribution >= 4 is 0 Å². The lowest BCUT2D eigenvalue weighted by Gasteiger charge is -2.34. The molecular formula is C18H24N2O. The van der Waals surface area contributed by atoms with Gasteiger partial charge in [0.05, 0.1) is 19.8 Å². The molecule has 0 amide bonds. The van der Waals surface area contributed by atoms with Gasteiger partial charge in [-0.2, -0.15) is 0 Å². The average Bonchev–Trinajstić information content (AvgIpc) is 3.11. The van der Waals surface area contributed by atoms with Crippen LogP contribution in [0, 0.1) is 23.7 Å². The minimum Gasteiger partial charge on any atom is -0.379 e. The van der Waals surface area contributed by atoms with Crippen LogP contribution in [0.1, 0.15) is 12.8 Å². The summed E-state index contributed by atoms with van der Waals surface area (Å²) in [5.41, 5.74) is 2.03. The zero-order valence-corrected chi connectivity index (χ0v) is 12.6. The van der Waals surface area contributed by atoms with Crippen LogP contribution in [-0.4, -0.2) is 61.8 Å². The van der Waals surface area contributed by atoms with Crippen LogP contribution in [0.4, 0.5) is 0 Å². The van der Waals surface area contributed by atoms with Crippen LogP contribution in [0.25, 0.3) is 0 Å². The Morgan fingerprint density at radius 3 is 2.95 bits per heavy atom. The summed E-state index contributed by atoms with van der Waals surface area (Å²) in [6.45, 7) is 7.08. The number of morpholine rings is 1. The van der Waals surface area contributed by atoms with E-state index in [0.29, 0.717) is 11.5 Å². The molecule has 112 valence electrons. The number of piperidine rings is 1. The topological polar surface area (TPSA) is 15.7 Å². The number of fused-ring (bicyclic) bond motifs is 1. The van der Waals surface area contributed by atoms with Crippen molar-refractivity contribution in [3.63, 3.8) is 0 Å². The number of allylic oxidation sites excluding steroid dienone is 1. The molecule has 4 aliphatic rings. The highest BCUT2D eigenvalue weighted by Gasteiger charge is 2.60. The smallest absolute Gasteiger partial charge is 0.0599 e. The number of hydrogen-bond acceptors (Lipinski definition) is 3. The molecular weight excluding hydrogens is 260 g/mol. The van der Waals surface area contributed by atoms with Gasteiger partial charge in [-0.05, 0) is 24.3 Å². The van der Waals surface area contributed by atoms with Crippen LogP contribution < -0.4 is 0 Å². The van der Waals surface area contributed by atoms with Crippen molar-refractivity contribution in [3.8, 4) is 12.3 Å². The Balaban J connectivity index is 1.40. The van der Waals surface area contributed by atoms with E-state index in [0.717, 1.165) is 45.2 Å². The number of likely N-dealkylation sites (tertiary alicyclic amines) is 1. The molecule has 0 aromatic rings. The van der Waals surface area contributed by atoms with Crippen molar-refractivity contribution in [2.24, 2.45) is 11.3 Å². The first-order chi connectivity index (χ1) is 10.3. The van der Waals surface area contributed by atoms with E-state index in [-0.39, 0.29) is 0 Å². The summed E-state index contributed by atoms with van der Waals surface area (Å²) in [7, 11) is 0. The van der Waals surface area contributed by atoms with Crippen LogP contribution >= 0.6 is 0 Å². The second-order valence-electron chi connectivity index (χ2n) is 6.90. The minimum atomic E-state index is 0.448. The Hall–Kier alpha value is -1.08. The lowest BCUT2D eigenvalue weighted by atomic mass is 9.88. The standard InChI is InChI=1S/C18H24N2O/c1-2-7-19-13-16-12-18(16,14-19)15-3-5-17(6-4-15)20-8-10-21-11-9-20/h1,3-5,16-17H,6-14H2. The highest BCUT2D eigenvalue weighted by atomic mass is 16.5. The first kappa shape index (κ1) is 13.6. The zero-order chi connectivity index (χ0) is 14.3. The van der Waals surface area contributed by atoms with Crippen molar-refractivity contribution in [1.29, 1.82) is 0 Å². The first-order valence-electron chi connectivity index (χ1n) is 8.18. The summed E-state index contributed by atoms with van der Waals surface area (Å²) in [4.78, 5) is 4.99. The Kier molecular flexibility index (Phi) is 3.41. The van der Waals surface area contributed by atoms with Gasteiger partial charge in [0.1, 0.15) is 0 Å². The van der Waals surface area contributed by atoms with E-state index in [9.17, 15) is 0 Å². The summed E-state index contributed by atoms with van der Waals surface area (Å²) in [5.74, 6) is 3.64. The van der Waals surface area contributed by atoms with Crippen LogP contribution in [0.2, 0.25) is 0 Å². The van der Waals surface area contributed by atoms with Gasteiger partial charge in [-0.3, -0.25) is 9.80 Å². The molecule has 0 aromatic carbocycles. The molecule has 0 aromatic heterocycles. The number of terminal acetylenes is 1. The molecule has 1 saturated carbocycles. The van der Waals surface area contributed by atoms with Gasteiger partial charge in [-0.1, -0.05) is 24.1 Å². The highest BCUT2D eigenvalue weighted by Crippen LogP contribution is 2.62. The van der Waals surface area contributed by atoms with E-state index in [1.54, 1.807) is 5.57 Å². The summed E-state index contributed by atoms with van der Waals surface area (Å²) >= 11 is 0. The fourth-order valence-corrected chi connectivity index (χ4v) is 4.44.